The highest BCUT2D eigenvalue weighted by atomic mass is 32.2. The van der Waals surface area contributed by atoms with Crippen molar-refractivity contribution >= 4 is 11.8 Å². The summed E-state index contributed by atoms with van der Waals surface area (Å²) in [7, 11) is 1.90. The van der Waals surface area contributed by atoms with Crippen LogP contribution in [0.15, 0.2) is 11.2 Å². The SMILES string of the molecule is CCN(CCN(C)C(=C[N+](=O)[O-])SC)CC1COC(C)C1. The molecule has 1 rings (SSSR count). The lowest BCUT2D eigenvalue weighted by atomic mass is 10.1. The summed E-state index contributed by atoms with van der Waals surface area (Å²) < 4.78 is 5.61. The van der Waals surface area contributed by atoms with E-state index in [1.807, 2.05) is 18.2 Å². The first-order valence-corrected chi connectivity index (χ1v) is 8.63. The molecule has 0 saturated carbocycles. The monoisotopic (exact) mass is 317 g/mol. The van der Waals surface area contributed by atoms with Crippen molar-refractivity contribution in [3.05, 3.63) is 21.3 Å². The first-order valence-electron chi connectivity index (χ1n) is 7.40. The van der Waals surface area contributed by atoms with Gasteiger partial charge < -0.3 is 14.5 Å². The van der Waals surface area contributed by atoms with Gasteiger partial charge in [-0.1, -0.05) is 6.92 Å². The number of rotatable bonds is 9. The van der Waals surface area contributed by atoms with Crippen LogP contribution in [0.2, 0.25) is 0 Å². The number of hydrogen-bond donors (Lipinski definition) is 0. The Morgan fingerprint density at radius 1 is 1.52 bits per heavy atom. The summed E-state index contributed by atoms with van der Waals surface area (Å²) in [6.45, 7) is 8.86. The lowest BCUT2D eigenvalue weighted by Crippen LogP contribution is -2.36. The van der Waals surface area contributed by atoms with Gasteiger partial charge >= 0.3 is 0 Å². The molecule has 21 heavy (non-hydrogen) atoms. The maximum Gasteiger partial charge on any atom is 0.264 e. The third-order valence-corrected chi connectivity index (χ3v) is 4.63. The van der Waals surface area contributed by atoms with Gasteiger partial charge in [-0.3, -0.25) is 10.1 Å². The average Bonchev–Trinajstić information content (AvgIpc) is 2.85. The molecule has 122 valence electrons. The third kappa shape index (κ3) is 6.67. The molecule has 2 atom stereocenters. The second-order valence-corrected chi connectivity index (χ2v) is 6.34. The van der Waals surface area contributed by atoms with Crippen molar-refractivity contribution in [2.45, 2.75) is 26.4 Å². The van der Waals surface area contributed by atoms with E-state index in [1.165, 1.54) is 11.8 Å². The maximum absolute atomic E-state index is 10.6. The number of hydrogen-bond acceptors (Lipinski definition) is 6. The van der Waals surface area contributed by atoms with Crippen LogP contribution >= 0.6 is 11.8 Å². The van der Waals surface area contributed by atoms with Crippen LogP contribution < -0.4 is 0 Å². The summed E-state index contributed by atoms with van der Waals surface area (Å²) in [6.07, 6.45) is 4.44. The van der Waals surface area contributed by atoms with Gasteiger partial charge in [-0.25, -0.2) is 0 Å². The van der Waals surface area contributed by atoms with Crippen molar-refractivity contribution in [2.24, 2.45) is 5.92 Å². The molecule has 0 aromatic carbocycles. The molecule has 0 aromatic heterocycles. The molecule has 0 aliphatic carbocycles. The molecular formula is C14H27N3O3S. The van der Waals surface area contributed by atoms with E-state index in [-0.39, 0.29) is 0 Å². The van der Waals surface area contributed by atoms with E-state index in [2.05, 4.69) is 18.7 Å². The van der Waals surface area contributed by atoms with Crippen LogP contribution in [0.4, 0.5) is 0 Å². The molecule has 0 bridgehead atoms. The van der Waals surface area contributed by atoms with E-state index in [9.17, 15) is 10.1 Å². The van der Waals surface area contributed by atoms with E-state index in [0.29, 0.717) is 17.1 Å². The predicted octanol–water partition coefficient (Wildman–Crippen LogP) is 2.10. The maximum atomic E-state index is 10.6. The Morgan fingerprint density at radius 2 is 2.24 bits per heavy atom. The number of nitrogens with zero attached hydrogens (tertiary/aromatic N) is 3. The van der Waals surface area contributed by atoms with Crippen molar-refractivity contribution < 1.29 is 9.66 Å². The Balaban J connectivity index is 2.41. The third-order valence-electron chi connectivity index (χ3n) is 3.80. The van der Waals surface area contributed by atoms with Gasteiger partial charge in [0.25, 0.3) is 6.20 Å². The highest BCUT2D eigenvalue weighted by molar-refractivity contribution is 8.02. The standard InChI is InChI=1S/C14H27N3O3S/c1-5-16(9-13-8-12(2)20-11-13)7-6-15(3)14(21-4)10-17(18)19/h10,12-13H,5-9,11H2,1-4H3. The lowest BCUT2D eigenvalue weighted by molar-refractivity contribution is -0.403. The van der Waals surface area contributed by atoms with Gasteiger partial charge in [0.05, 0.1) is 17.6 Å². The minimum atomic E-state index is -0.392. The van der Waals surface area contributed by atoms with E-state index in [4.69, 9.17) is 4.74 Å². The minimum Gasteiger partial charge on any atom is -0.378 e. The van der Waals surface area contributed by atoms with Gasteiger partial charge in [0, 0.05) is 26.7 Å². The fourth-order valence-corrected chi connectivity index (χ4v) is 3.17. The number of thioether (sulfide) groups is 1. The van der Waals surface area contributed by atoms with Crippen LogP contribution in [0, 0.1) is 16.0 Å². The fourth-order valence-electron chi connectivity index (χ4n) is 2.58. The molecule has 1 aliphatic rings. The minimum absolute atomic E-state index is 0.377. The van der Waals surface area contributed by atoms with Gasteiger partial charge in [-0.2, -0.15) is 0 Å². The highest BCUT2D eigenvalue weighted by Crippen LogP contribution is 2.20. The average molecular weight is 317 g/mol. The molecule has 1 aliphatic heterocycles. The lowest BCUT2D eigenvalue weighted by Gasteiger charge is -2.27. The summed E-state index contributed by atoms with van der Waals surface area (Å²) >= 11 is 1.41. The Kier molecular flexibility index (Phi) is 8.06. The van der Waals surface area contributed by atoms with Crippen LogP contribution in [0.1, 0.15) is 20.3 Å². The Bertz CT molecular complexity index is 365. The molecule has 0 spiro atoms. The number of ether oxygens (including phenoxy) is 1. The predicted molar refractivity (Wildman–Crippen MR) is 86.9 cm³/mol. The van der Waals surface area contributed by atoms with E-state index >= 15 is 0 Å². The van der Waals surface area contributed by atoms with Gasteiger partial charge in [0.1, 0.15) is 5.03 Å². The topological polar surface area (TPSA) is 58.9 Å². The second-order valence-electron chi connectivity index (χ2n) is 5.52. The van der Waals surface area contributed by atoms with Crippen molar-refractivity contribution in [1.82, 2.24) is 9.80 Å². The number of nitro groups is 1. The van der Waals surface area contributed by atoms with Crippen LogP contribution in [-0.4, -0.2) is 66.9 Å². The summed E-state index contributed by atoms with van der Waals surface area (Å²) in [5.41, 5.74) is 0. The van der Waals surface area contributed by atoms with Gasteiger partial charge in [-0.15, -0.1) is 11.8 Å². The summed E-state index contributed by atoms with van der Waals surface area (Å²) in [5.74, 6) is 0.611. The van der Waals surface area contributed by atoms with E-state index < -0.39 is 4.92 Å². The molecule has 1 fully saturated rings. The molecule has 2 unspecified atom stereocenters. The zero-order valence-electron chi connectivity index (χ0n) is 13.4. The van der Waals surface area contributed by atoms with Crippen LogP contribution in [0.5, 0.6) is 0 Å². The summed E-state index contributed by atoms with van der Waals surface area (Å²) in [6, 6.07) is 0. The smallest absolute Gasteiger partial charge is 0.264 e. The van der Waals surface area contributed by atoms with Crippen LogP contribution in [0.3, 0.4) is 0 Å². The van der Waals surface area contributed by atoms with Crippen molar-refractivity contribution in [3.63, 3.8) is 0 Å². The Morgan fingerprint density at radius 3 is 2.71 bits per heavy atom. The zero-order chi connectivity index (χ0) is 15.8. The molecule has 6 nitrogen and oxygen atoms in total. The fraction of sp³-hybridized carbons (Fsp3) is 0.857. The van der Waals surface area contributed by atoms with E-state index in [1.54, 1.807) is 0 Å². The summed E-state index contributed by atoms with van der Waals surface area (Å²) in [4.78, 5) is 14.5. The molecule has 0 N–H and O–H groups in total. The molecule has 0 aromatic rings. The molecular weight excluding hydrogens is 290 g/mol. The van der Waals surface area contributed by atoms with Gasteiger partial charge in [-0.05, 0) is 32.1 Å². The summed E-state index contributed by atoms with van der Waals surface area (Å²) in [5, 5.41) is 11.3. The molecule has 7 heteroatoms. The van der Waals surface area contributed by atoms with Crippen molar-refractivity contribution in [3.8, 4) is 0 Å². The second kappa shape index (κ2) is 9.27. The Labute approximate surface area is 131 Å². The first kappa shape index (κ1) is 18.3. The number of likely N-dealkylation sites (N-methyl/N-ethyl adjacent to an activating group) is 2. The van der Waals surface area contributed by atoms with Gasteiger partial charge in [0.2, 0.25) is 0 Å². The zero-order valence-corrected chi connectivity index (χ0v) is 14.3. The molecule has 0 amide bonds. The van der Waals surface area contributed by atoms with Crippen LogP contribution in [-0.2, 0) is 4.74 Å². The van der Waals surface area contributed by atoms with Crippen LogP contribution in [0.25, 0.3) is 0 Å². The highest BCUT2D eigenvalue weighted by Gasteiger charge is 2.23. The molecule has 0 radical (unpaired) electrons. The molecule has 1 heterocycles. The van der Waals surface area contributed by atoms with E-state index in [0.717, 1.165) is 45.4 Å². The van der Waals surface area contributed by atoms with Crippen molar-refractivity contribution in [1.29, 1.82) is 0 Å². The van der Waals surface area contributed by atoms with Crippen molar-refractivity contribution in [2.75, 3.05) is 46.1 Å². The largest absolute Gasteiger partial charge is 0.378 e. The first-order chi connectivity index (χ1) is 9.96. The quantitative estimate of drug-likeness (QED) is 0.479. The Hall–Kier alpha value is -0.790. The molecule has 1 saturated heterocycles. The normalized spacial score (nSPS) is 22.8. The van der Waals surface area contributed by atoms with Gasteiger partial charge in [0.15, 0.2) is 0 Å².